The van der Waals surface area contributed by atoms with Crippen molar-refractivity contribution in [3.8, 4) is 0 Å². The van der Waals surface area contributed by atoms with Gasteiger partial charge in [-0.25, -0.2) is 18.5 Å². The Morgan fingerprint density at radius 3 is 2.57 bits per heavy atom. The SMILES string of the molecule is CCC(N)c1nc(C(=O)NCc2ccc(S(N)(=O)=O)cc2)cs1. The number of nitrogens with one attached hydrogen (secondary N) is 1. The highest BCUT2D eigenvalue weighted by atomic mass is 32.2. The predicted octanol–water partition coefficient (Wildman–Crippen LogP) is 1.13. The Morgan fingerprint density at radius 2 is 2.00 bits per heavy atom. The summed E-state index contributed by atoms with van der Waals surface area (Å²) in [6, 6.07) is 5.84. The number of carbonyl (C=O) groups is 1. The second kappa shape index (κ2) is 7.18. The van der Waals surface area contributed by atoms with Crippen molar-refractivity contribution in [3.63, 3.8) is 0 Å². The summed E-state index contributed by atoms with van der Waals surface area (Å²) in [5.41, 5.74) is 6.96. The summed E-state index contributed by atoms with van der Waals surface area (Å²) in [4.78, 5) is 16.3. The van der Waals surface area contributed by atoms with E-state index in [1.807, 2.05) is 6.92 Å². The fourth-order valence-corrected chi connectivity index (χ4v) is 3.21. The maximum atomic E-state index is 12.0. The average Bonchev–Trinajstić information content (AvgIpc) is 3.01. The maximum Gasteiger partial charge on any atom is 0.271 e. The van der Waals surface area contributed by atoms with Gasteiger partial charge in [-0.2, -0.15) is 0 Å². The van der Waals surface area contributed by atoms with Gasteiger partial charge in [0, 0.05) is 11.9 Å². The molecule has 0 saturated heterocycles. The molecule has 0 radical (unpaired) electrons. The lowest BCUT2D eigenvalue weighted by molar-refractivity contribution is 0.0946. The van der Waals surface area contributed by atoms with E-state index in [0.717, 1.165) is 17.0 Å². The smallest absolute Gasteiger partial charge is 0.271 e. The van der Waals surface area contributed by atoms with Crippen LogP contribution in [0.4, 0.5) is 0 Å². The number of carbonyl (C=O) groups excluding carboxylic acids is 1. The number of sulfonamides is 1. The first kappa shape index (κ1) is 17.5. The van der Waals surface area contributed by atoms with Crippen LogP contribution in [-0.2, 0) is 16.6 Å². The van der Waals surface area contributed by atoms with Gasteiger partial charge in [-0.15, -0.1) is 11.3 Å². The molecule has 0 aliphatic heterocycles. The molecule has 0 fully saturated rings. The molecule has 2 rings (SSSR count). The lowest BCUT2D eigenvalue weighted by Crippen LogP contribution is -2.23. The summed E-state index contributed by atoms with van der Waals surface area (Å²) in [6.07, 6.45) is 0.755. The van der Waals surface area contributed by atoms with Crippen molar-refractivity contribution in [1.29, 1.82) is 0 Å². The molecule has 9 heteroatoms. The number of primary sulfonamides is 1. The molecule has 124 valence electrons. The first-order valence-electron chi connectivity index (χ1n) is 6.92. The molecule has 0 bridgehead atoms. The third kappa shape index (κ3) is 4.58. The molecule has 1 atom stereocenters. The van der Waals surface area contributed by atoms with Crippen LogP contribution in [0.15, 0.2) is 34.5 Å². The van der Waals surface area contributed by atoms with Gasteiger partial charge < -0.3 is 11.1 Å². The number of hydrogen-bond donors (Lipinski definition) is 3. The molecular formula is C14H18N4O3S2. The topological polar surface area (TPSA) is 128 Å². The summed E-state index contributed by atoms with van der Waals surface area (Å²) >= 11 is 1.36. The number of thiazole rings is 1. The summed E-state index contributed by atoms with van der Waals surface area (Å²) in [5.74, 6) is -0.300. The van der Waals surface area contributed by atoms with Crippen LogP contribution in [-0.4, -0.2) is 19.3 Å². The van der Waals surface area contributed by atoms with Gasteiger partial charge in [-0.1, -0.05) is 19.1 Å². The first-order chi connectivity index (χ1) is 10.8. The van der Waals surface area contributed by atoms with Crippen LogP contribution in [0.1, 0.15) is 40.4 Å². The Bertz CT molecular complexity index is 785. The Hall–Kier alpha value is -1.81. The second-order valence-electron chi connectivity index (χ2n) is 4.96. The fourth-order valence-electron chi connectivity index (χ4n) is 1.81. The van der Waals surface area contributed by atoms with Crippen LogP contribution in [0.3, 0.4) is 0 Å². The number of hydrogen-bond acceptors (Lipinski definition) is 6. The zero-order valence-electron chi connectivity index (χ0n) is 12.5. The first-order valence-corrected chi connectivity index (χ1v) is 9.34. The van der Waals surface area contributed by atoms with Crippen LogP contribution in [0.5, 0.6) is 0 Å². The molecule has 23 heavy (non-hydrogen) atoms. The third-order valence-corrected chi connectivity index (χ3v) is 5.12. The van der Waals surface area contributed by atoms with Crippen LogP contribution < -0.4 is 16.2 Å². The lowest BCUT2D eigenvalue weighted by atomic mass is 10.2. The van der Waals surface area contributed by atoms with E-state index in [-0.39, 0.29) is 23.4 Å². The predicted molar refractivity (Wildman–Crippen MR) is 88.3 cm³/mol. The van der Waals surface area contributed by atoms with Crippen LogP contribution in [0.2, 0.25) is 0 Å². The van der Waals surface area contributed by atoms with Crippen molar-refractivity contribution in [2.24, 2.45) is 10.9 Å². The second-order valence-corrected chi connectivity index (χ2v) is 7.41. The molecule has 0 aliphatic carbocycles. The summed E-state index contributed by atoms with van der Waals surface area (Å²) in [7, 11) is -3.71. The molecule has 1 unspecified atom stereocenters. The van der Waals surface area contributed by atoms with Crippen molar-refractivity contribution in [2.45, 2.75) is 30.8 Å². The van der Waals surface area contributed by atoms with Crippen LogP contribution in [0.25, 0.3) is 0 Å². The van der Waals surface area contributed by atoms with E-state index >= 15 is 0 Å². The molecule has 5 N–H and O–H groups in total. The van der Waals surface area contributed by atoms with Crippen molar-refractivity contribution in [3.05, 3.63) is 45.9 Å². The van der Waals surface area contributed by atoms with E-state index in [0.29, 0.717) is 5.69 Å². The van der Waals surface area contributed by atoms with Crippen LogP contribution in [0, 0.1) is 0 Å². The van der Waals surface area contributed by atoms with Gasteiger partial charge in [0.2, 0.25) is 10.0 Å². The largest absolute Gasteiger partial charge is 0.347 e. The molecule has 1 heterocycles. The highest BCUT2D eigenvalue weighted by molar-refractivity contribution is 7.89. The van der Waals surface area contributed by atoms with Gasteiger partial charge in [0.25, 0.3) is 5.91 Å². The van der Waals surface area contributed by atoms with Gasteiger partial charge in [-0.3, -0.25) is 4.79 Å². The molecule has 7 nitrogen and oxygen atoms in total. The van der Waals surface area contributed by atoms with E-state index in [2.05, 4.69) is 10.3 Å². The van der Waals surface area contributed by atoms with Gasteiger partial charge in [0.1, 0.15) is 10.7 Å². The highest BCUT2D eigenvalue weighted by Gasteiger charge is 2.14. The fraction of sp³-hybridized carbons (Fsp3) is 0.286. The minimum absolute atomic E-state index is 0.0327. The maximum absolute atomic E-state index is 12.0. The number of amides is 1. The lowest BCUT2D eigenvalue weighted by Gasteiger charge is -2.05. The standard InChI is InChI=1S/C14H18N4O3S2/c1-2-11(15)14-18-12(8-22-14)13(19)17-7-9-3-5-10(6-4-9)23(16,20)21/h3-6,8,11H,2,7,15H2,1H3,(H,17,19)(H2,16,20,21). The molecule has 1 aromatic carbocycles. The van der Waals surface area contributed by atoms with E-state index in [1.165, 1.54) is 23.5 Å². The van der Waals surface area contributed by atoms with Gasteiger partial charge in [0.15, 0.2) is 0 Å². The molecule has 0 aliphatic rings. The van der Waals surface area contributed by atoms with Gasteiger partial charge >= 0.3 is 0 Å². The Morgan fingerprint density at radius 1 is 1.35 bits per heavy atom. The average molecular weight is 354 g/mol. The van der Waals surface area contributed by atoms with E-state index in [9.17, 15) is 13.2 Å². The Balaban J connectivity index is 1.98. The molecular weight excluding hydrogens is 336 g/mol. The zero-order valence-corrected chi connectivity index (χ0v) is 14.2. The number of rotatable bonds is 6. The van der Waals surface area contributed by atoms with E-state index in [1.54, 1.807) is 17.5 Å². The number of benzene rings is 1. The third-order valence-electron chi connectivity index (χ3n) is 3.22. The van der Waals surface area contributed by atoms with Crippen molar-refractivity contribution in [1.82, 2.24) is 10.3 Å². The summed E-state index contributed by atoms with van der Waals surface area (Å²) in [5, 5.41) is 10.2. The van der Waals surface area contributed by atoms with Crippen molar-refractivity contribution in [2.75, 3.05) is 0 Å². The van der Waals surface area contributed by atoms with Gasteiger partial charge in [-0.05, 0) is 24.1 Å². The summed E-state index contributed by atoms with van der Waals surface area (Å²) in [6.45, 7) is 2.22. The molecule has 2 aromatic rings. The van der Waals surface area contributed by atoms with Crippen molar-refractivity contribution >= 4 is 27.3 Å². The quantitative estimate of drug-likeness (QED) is 0.716. The molecule has 1 amide bonds. The van der Waals surface area contributed by atoms with Gasteiger partial charge in [0.05, 0.1) is 10.9 Å². The highest BCUT2D eigenvalue weighted by Crippen LogP contribution is 2.18. The zero-order chi connectivity index (χ0) is 17.0. The Labute approximate surface area is 138 Å². The normalized spacial score (nSPS) is 12.8. The summed E-state index contributed by atoms with van der Waals surface area (Å²) < 4.78 is 22.3. The number of nitrogens with zero attached hydrogens (tertiary/aromatic N) is 1. The number of aromatic nitrogens is 1. The Kier molecular flexibility index (Phi) is 5.47. The molecule has 0 spiro atoms. The molecule has 0 saturated carbocycles. The minimum atomic E-state index is -3.71. The van der Waals surface area contributed by atoms with Crippen LogP contribution >= 0.6 is 11.3 Å². The monoisotopic (exact) mass is 354 g/mol. The number of nitrogens with two attached hydrogens (primary N) is 2. The van der Waals surface area contributed by atoms with E-state index < -0.39 is 10.0 Å². The molecule has 1 aromatic heterocycles. The minimum Gasteiger partial charge on any atom is -0.347 e. The van der Waals surface area contributed by atoms with E-state index in [4.69, 9.17) is 10.9 Å². The van der Waals surface area contributed by atoms with Crippen molar-refractivity contribution < 1.29 is 13.2 Å².